The molecule has 0 aromatic carbocycles. The summed E-state index contributed by atoms with van der Waals surface area (Å²) in [5, 5.41) is 0. The third-order valence-corrected chi connectivity index (χ3v) is 1.29. The molecular weight excluding hydrogens is 156 g/mol. The zero-order chi connectivity index (χ0) is 8.85. The lowest BCUT2D eigenvalue weighted by atomic mass is 10.1. The Morgan fingerprint density at radius 1 is 1.64 bits per heavy atom. The summed E-state index contributed by atoms with van der Waals surface area (Å²) in [7, 11) is 1.08. The summed E-state index contributed by atoms with van der Waals surface area (Å²) in [6.07, 6.45) is -2.73. The van der Waals surface area contributed by atoms with E-state index in [1.807, 2.05) is 0 Å². The molecule has 0 aliphatic rings. The van der Waals surface area contributed by atoms with Crippen LogP contribution < -0.4 is 5.73 Å². The highest BCUT2D eigenvalue weighted by molar-refractivity contribution is 5.72. The van der Waals surface area contributed by atoms with Crippen LogP contribution in [0.1, 0.15) is 6.42 Å². The summed E-state index contributed by atoms with van der Waals surface area (Å²) < 4.78 is 28.1. The molecule has 11 heavy (non-hydrogen) atoms. The van der Waals surface area contributed by atoms with E-state index < -0.39 is 18.3 Å². The molecule has 0 saturated heterocycles. The monoisotopic (exact) mass is 167 g/mol. The molecule has 0 heterocycles. The fraction of sp³-hybridized carbons (Fsp3) is 0.833. The molecule has 1 unspecified atom stereocenters. The minimum absolute atomic E-state index is 0.0374. The molecule has 0 radical (unpaired) electrons. The van der Waals surface area contributed by atoms with E-state index in [-0.39, 0.29) is 13.0 Å². The molecule has 0 saturated carbocycles. The van der Waals surface area contributed by atoms with Gasteiger partial charge in [0.05, 0.1) is 7.11 Å². The molecule has 0 aliphatic heterocycles. The maximum Gasteiger partial charge on any atom is 0.314 e. The van der Waals surface area contributed by atoms with Crippen LogP contribution in [0.5, 0.6) is 0 Å². The van der Waals surface area contributed by atoms with Crippen LogP contribution in [-0.2, 0) is 9.53 Å². The highest BCUT2D eigenvalue weighted by atomic mass is 19.3. The predicted molar refractivity (Wildman–Crippen MR) is 35.2 cm³/mol. The molecule has 1 atom stereocenters. The second-order valence-electron chi connectivity index (χ2n) is 2.04. The summed E-state index contributed by atoms with van der Waals surface area (Å²) in [6.45, 7) is 0.0596. The van der Waals surface area contributed by atoms with Crippen LogP contribution in [-0.4, -0.2) is 26.0 Å². The number of alkyl halides is 2. The normalized spacial score (nSPS) is 13.2. The second-order valence-corrected chi connectivity index (χ2v) is 2.04. The summed E-state index contributed by atoms with van der Waals surface area (Å²) in [5.74, 6) is -2.27. The lowest BCUT2D eigenvalue weighted by Gasteiger charge is -2.11. The van der Waals surface area contributed by atoms with E-state index in [1.54, 1.807) is 0 Å². The van der Waals surface area contributed by atoms with Gasteiger partial charge in [0, 0.05) is 0 Å². The fourth-order valence-corrected chi connectivity index (χ4v) is 0.678. The quantitative estimate of drug-likeness (QED) is 0.616. The molecular formula is C6H11F2NO2. The Labute approximate surface area is 63.5 Å². The van der Waals surface area contributed by atoms with Gasteiger partial charge in [-0.15, -0.1) is 0 Å². The predicted octanol–water partition coefficient (Wildman–Crippen LogP) is 0.389. The Hall–Kier alpha value is -0.710. The van der Waals surface area contributed by atoms with E-state index >= 15 is 0 Å². The number of methoxy groups -OCH3 is 1. The van der Waals surface area contributed by atoms with Crippen molar-refractivity contribution < 1.29 is 18.3 Å². The van der Waals surface area contributed by atoms with Gasteiger partial charge in [0.1, 0.15) is 5.92 Å². The van der Waals surface area contributed by atoms with Gasteiger partial charge in [0.25, 0.3) is 6.43 Å². The summed E-state index contributed by atoms with van der Waals surface area (Å²) in [5.41, 5.74) is 5.02. The SMILES string of the molecule is COC(=O)C(CCN)C(F)F. The van der Waals surface area contributed by atoms with Crippen molar-refractivity contribution in [3.05, 3.63) is 0 Å². The smallest absolute Gasteiger partial charge is 0.314 e. The van der Waals surface area contributed by atoms with E-state index in [0.29, 0.717) is 0 Å². The largest absolute Gasteiger partial charge is 0.469 e. The number of esters is 1. The van der Waals surface area contributed by atoms with Crippen LogP contribution in [0.15, 0.2) is 0 Å². The van der Waals surface area contributed by atoms with Crippen LogP contribution in [0.25, 0.3) is 0 Å². The van der Waals surface area contributed by atoms with Crippen molar-refractivity contribution in [1.29, 1.82) is 0 Å². The number of rotatable bonds is 4. The minimum Gasteiger partial charge on any atom is -0.469 e. The zero-order valence-electron chi connectivity index (χ0n) is 6.22. The average Bonchev–Trinajstić information content (AvgIpc) is 1.98. The third kappa shape index (κ3) is 3.27. The topological polar surface area (TPSA) is 52.3 Å². The maximum absolute atomic E-state index is 12.0. The lowest BCUT2D eigenvalue weighted by Crippen LogP contribution is -2.26. The molecule has 0 aliphatic carbocycles. The Kier molecular flexibility index (Phi) is 4.69. The highest BCUT2D eigenvalue weighted by Gasteiger charge is 2.27. The van der Waals surface area contributed by atoms with Crippen LogP contribution in [0.4, 0.5) is 8.78 Å². The van der Waals surface area contributed by atoms with Crippen LogP contribution in [0.2, 0.25) is 0 Å². The van der Waals surface area contributed by atoms with Crippen molar-refractivity contribution in [3.8, 4) is 0 Å². The van der Waals surface area contributed by atoms with E-state index in [4.69, 9.17) is 5.73 Å². The average molecular weight is 167 g/mol. The lowest BCUT2D eigenvalue weighted by molar-refractivity contribution is -0.151. The molecule has 0 spiro atoms. The van der Waals surface area contributed by atoms with Gasteiger partial charge in [-0.3, -0.25) is 4.79 Å². The second kappa shape index (κ2) is 5.01. The maximum atomic E-state index is 12.0. The highest BCUT2D eigenvalue weighted by Crippen LogP contribution is 2.14. The standard InChI is InChI=1S/C6H11F2NO2/c1-11-6(10)4(2-3-9)5(7)8/h4-5H,2-3,9H2,1H3. The van der Waals surface area contributed by atoms with Crippen molar-refractivity contribution in [1.82, 2.24) is 0 Å². The number of halogens is 2. The minimum atomic E-state index is -2.69. The van der Waals surface area contributed by atoms with Gasteiger partial charge in [0.2, 0.25) is 0 Å². The number of ether oxygens (including phenoxy) is 1. The number of carbonyl (C=O) groups is 1. The van der Waals surface area contributed by atoms with Gasteiger partial charge >= 0.3 is 5.97 Å². The molecule has 0 amide bonds. The van der Waals surface area contributed by atoms with Crippen molar-refractivity contribution in [2.75, 3.05) is 13.7 Å². The number of nitrogens with two attached hydrogens (primary N) is 1. The van der Waals surface area contributed by atoms with E-state index in [0.717, 1.165) is 7.11 Å². The molecule has 0 rings (SSSR count). The zero-order valence-corrected chi connectivity index (χ0v) is 6.22. The molecule has 0 fully saturated rings. The van der Waals surface area contributed by atoms with Crippen LogP contribution in [0.3, 0.4) is 0 Å². The summed E-state index contributed by atoms with van der Waals surface area (Å²) >= 11 is 0. The molecule has 0 aromatic rings. The van der Waals surface area contributed by atoms with Crippen LogP contribution in [0, 0.1) is 5.92 Å². The first kappa shape index (κ1) is 10.3. The molecule has 0 bridgehead atoms. The number of hydrogen-bond acceptors (Lipinski definition) is 3. The van der Waals surface area contributed by atoms with E-state index in [2.05, 4.69) is 4.74 Å². The van der Waals surface area contributed by atoms with Crippen molar-refractivity contribution >= 4 is 5.97 Å². The van der Waals surface area contributed by atoms with E-state index in [9.17, 15) is 13.6 Å². The Morgan fingerprint density at radius 3 is 2.45 bits per heavy atom. The Bertz CT molecular complexity index is 130. The summed E-state index contributed by atoms with van der Waals surface area (Å²) in [6, 6.07) is 0. The molecule has 0 aromatic heterocycles. The first-order chi connectivity index (χ1) is 5.13. The third-order valence-electron chi connectivity index (χ3n) is 1.29. The van der Waals surface area contributed by atoms with Gasteiger partial charge in [0.15, 0.2) is 0 Å². The van der Waals surface area contributed by atoms with Gasteiger partial charge < -0.3 is 10.5 Å². The van der Waals surface area contributed by atoms with Gasteiger partial charge in [-0.1, -0.05) is 0 Å². The van der Waals surface area contributed by atoms with Gasteiger partial charge in [-0.25, -0.2) is 8.78 Å². The van der Waals surface area contributed by atoms with Gasteiger partial charge in [-0.05, 0) is 13.0 Å². The molecule has 5 heteroatoms. The Morgan fingerprint density at radius 2 is 2.18 bits per heavy atom. The van der Waals surface area contributed by atoms with Crippen molar-refractivity contribution in [2.45, 2.75) is 12.8 Å². The molecule has 66 valence electrons. The summed E-state index contributed by atoms with van der Waals surface area (Å²) in [4.78, 5) is 10.6. The van der Waals surface area contributed by atoms with E-state index in [1.165, 1.54) is 0 Å². The Balaban J connectivity index is 3.98. The van der Waals surface area contributed by atoms with Crippen LogP contribution >= 0.6 is 0 Å². The van der Waals surface area contributed by atoms with Crippen molar-refractivity contribution in [3.63, 3.8) is 0 Å². The number of hydrogen-bond donors (Lipinski definition) is 1. The van der Waals surface area contributed by atoms with Gasteiger partial charge in [-0.2, -0.15) is 0 Å². The molecule has 3 nitrogen and oxygen atoms in total. The number of carbonyl (C=O) groups excluding carboxylic acids is 1. The fourth-order valence-electron chi connectivity index (χ4n) is 0.678. The first-order valence-corrected chi connectivity index (χ1v) is 3.19. The molecule has 2 N–H and O–H groups in total. The van der Waals surface area contributed by atoms with Crippen molar-refractivity contribution in [2.24, 2.45) is 11.7 Å². The first-order valence-electron chi connectivity index (χ1n) is 3.19.